The van der Waals surface area contributed by atoms with Gasteiger partial charge in [-0.15, -0.1) is 0 Å². The Balaban J connectivity index is 2.83. The Kier molecular flexibility index (Phi) is 6.13. The van der Waals surface area contributed by atoms with E-state index in [9.17, 15) is 4.39 Å². The molecule has 18 heavy (non-hydrogen) atoms. The fourth-order valence-electron chi connectivity index (χ4n) is 1.82. The minimum absolute atomic E-state index is 0.0845. The number of halogens is 1. The van der Waals surface area contributed by atoms with Crippen molar-refractivity contribution in [2.24, 2.45) is 0 Å². The molecule has 102 valence electrons. The zero-order chi connectivity index (χ0) is 13.5. The van der Waals surface area contributed by atoms with Gasteiger partial charge in [0.15, 0.2) is 0 Å². The summed E-state index contributed by atoms with van der Waals surface area (Å²) in [4.78, 5) is 0. The molecule has 0 heterocycles. The van der Waals surface area contributed by atoms with Crippen molar-refractivity contribution < 1.29 is 9.13 Å². The summed E-state index contributed by atoms with van der Waals surface area (Å²) in [6.45, 7) is 6.63. The minimum atomic E-state index is -0.173. The predicted molar refractivity (Wildman–Crippen MR) is 73.6 cm³/mol. The number of benzene rings is 1. The quantitative estimate of drug-likeness (QED) is 0.742. The summed E-state index contributed by atoms with van der Waals surface area (Å²) in [5.74, 6) is 0.625. The van der Waals surface area contributed by atoms with E-state index in [2.05, 4.69) is 12.2 Å². The summed E-state index contributed by atoms with van der Waals surface area (Å²) >= 11 is 0. The maximum Gasteiger partial charge on any atom is 0.126 e. The van der Waals surface area contributed by atoms with Crippen LogP contribution in [0.25, 0.3) is 0 Å². The van der Waals surface area contributed by atoms with Gasteiger partial charge in [0.25, 0.3) is 0 Å². The Morgan fingerprint density at radius 1 is 1.33 bits per heavy atom. The van der Waals surface area contributed by atoms with Crippen molar-refractivity contribution in [3.05, 3.63) is 29.1 Å². The molecule has 1 atom stereocenters. The molecule has 0 amide bonds. The molecule has 0 bridgehead atoms. The molecular formula is C15H24FNO. The maximum absolute atomic E-state index is 13.6. The van der Waals surface area contributed by atoms with Crippen molar-refractivity contribution in [1.82, 2.24) is 5.32 Å². The summed E-state index contributed by atoms with van der Waals surface area (Å²) in [6, 6.07) is 3.46. The van der Waals surface area contributed by atoms with E-state index in [1.165, 1.54) is 6.42 Å². The molecule has 2 nitrogen and oxygen atoms in total. The molecule has 1 unspecified atom stereocenters. The molecule has 0 fully saturated rings. The lowest BCUT2D eigenvalue weighted by atomic mass is 10.0. The standard InChI is InChI=1S/C15H24FNO/c1-5-6-7-8-18-15-9-11(2)14(16)10-13(15)12(3)17-4/h9-10,12,17H,5-8H2,1-4H3. The third-order valence-corrected chi connectivity index (χ3v) is 3.20. The fraction of sp³-hybridized carbons (Fsp3) is 0.600. The second kappa shape index (κ2) is 7.37. The van der Waals surface area contributed by atoms with Gasteiger partial charge in [0.1, 0.15) is 11.6 Å². The van der Waals surface area contributed by atoms with E-state index in [1.807, 2.05) is 14.0 Å². The normalized spacial score (nSPS) is 12.5. The lowest BCUT2D eigenvalue weighted by molar-refractivity contribution is 0.300. The van der Waals surface area contributed by atoms with E-state index in [-0.39, 0.29) is 11.9 Å². The van der Waals surface area contributed by atoms with E-state index in [1.54, 1.807) is 19.1 Å². The van der Waals surface area contributed by atoms with Gasteiger partial charge in [0.2, 0.25) is 0 Å². The van der Waals surface area contributed by atoms with Gasteiger partial charge in [0, 0.05) is 11.6 Å². The molecule has 1 rings (SSSR count). The van der Waals surface area contributed by atoms with Crippen LogP contribution in [0.2, 0.25) is 0 Å². The van der Waals surface area contributed by atoms with Crippen LogP contribution in [-0.4, -0.2) is 13.7 Å². The van der Waals surface area contributed by atoms with E-state index in [4.69, 9.17) is 4.74 Å². The first kappa shape index (κ1) is 15.0. The first-order chi connectivity index (χ1) is 8.60. The Labute approximate surface area is 110 Å². The first-order valence-corrected chi connectivity index (χ1v) is 6.70. The molecule has 0 saturated carbocycles. The third kappa shape index (κ3) is 3.98. The number of hydrogen-bond donors (Lipinski definition) is 1. The second-order valence-electron chi connectivity index (χ2n) is 4.71. The molecule has 0 aromatic heterocycles. The van der Waals surface area contributed by atoms with Crippen LogP contribution in [0.4, 0.5) is 4.39 Å². The third-order valence-electron chi connectivity index (χ3n) is 3.20. The molecule has 1 aromatic carbocycles. The molecule has 0 aliphatic rings. The van der Waals surface area contributed by atoms with Crippen molar-refractivity contribution in [1.29, 1.82) is 0 Å². The van der Waals surface area contributed by atoms with Gasteiger partial charge in [-0.2, -0.15) is 0 Å². The van der Waals surface area contributed by atoms with Crippen LogP contribution in [0.1, 0.15) is 50.3 Å². The van der Waals surface area contributed by atoms with Gasteiger partial charge in [0.05, 0.1) is 6.61 Å². The van der Waals surface area contributed by atoms with Gasteiger partial charge in [-0.3, -0.25) is 0 Å². The van der Waals surface area contributed by atoms with Crippen molar-refractivity contribution in [2.45, 2.75) is 46.1 Å². The van der Waals surface area contributed by atoms with Gasteiger partial charge in [-0.25, -0.2) is 4.39 Å². The SMILES string of the molecule is CCCCCOc1cc(C)c(F)cc1C(C)NC. The second-order valence-corrected chi connectivity index (χ2v) is 4.71. The lowest BCUT2D eigenvalue weighted by Crippen LogP contribution is -2.14. The minimum Gasteiger partial charge on any atom is -0.493 e. The Bertz CT molecular complexity index is 379. The van der Waals surface area contributed by atoms with Crippen molar-refractivity contribution in [3.8, 4) is 5.75 Å². The molecule has 0 spiro atoms. The van der Waals surface area contributed by atoms with Crippen LogP contribution < -0.4 is 10.1 Å². The highest BCUT2D eigenvalue weighted by Crippen LogP contribution is 2.28. The first-order valence-electron chi connectivity index (χ1n) is 6.70. The number of ether oxygens (including phenoxy) is 1. The number of nitrogens with one attached hydrogen (secondary N) is 1. The van der Waals surface area contributed by atoms with Crippen LogP contribution >= 0.6 is 0 Å². The van der Waals surface area contributed by atoms with Crippen LogP contribution in [0.5, 0.6) is 5.75 Å². The summed E-state index contributed by atoms with van der Waals surface area (Å²) in [6.07, 6.45) is 3.38. The Hall–Kier alpha value is -1.09. The van der Waals surface area contributed by atoms with E-state index in [0.717, 1.165) is 24.2 Å². The highest BCUT2D eigenvalue weighted by molar-refractivity contribution is 5.40. The number of hydrogen-bond acceptors (Lipinski definition) is 2. The average Bonchev–Trinajstić information content (AvgIpc) is 2.37. The van der Waals surface area contributed by atoms with E-state index >= 15 is 0 Å². The molecular weight excluding hydrogens is 229 g/mol. The zero-order valence-corrected chi connectivity index (χ0v) is 11.8. The number of rotatable bonds is 7. The molecule has 0 aliphatic heterocycles. The summed E-state index contributed by atoms with van der Waals surface area (Å²) in [5.41, 5.74) is 1.52. The summed E-state index contributed by atoms with van der Waals surface area (Å²) in [7, 11) is 1.86. The van der Waals surface area contributed by atoms with Crippen molar-refractivity contribution >= 4 is 0 Å². The van der Waals surface area contributed by atoms with E-state index in [0.29, 0.717) is 12.2 Å². The Morgan fingerprint density at radius 2 is 2.06 bits per heavy atom. The lowest BCUT2D eigenvalue weighted by Gasteiger charge is -2.17. The van der Waals surface area contributed by atoms with Gasteiger partial charge in [-0.05, 0) is 45.0 Å². The zero-order valence-electron chi connectivity index (χ0n) is 11.8. The van der Waals surface area contributed by atoms with E-state index < -0.39 is 0 Å². The van der Waals surface area contributed by atoms with Crippen LogP contribution in [0, 0.1) is 12.7 Å². The highest BCUT2D eigenvalue weighted by Gasteiger charge is 2.13. The van der Waals surface area contributed by atoms with Crippen LogP contribution in [-0.2, 0) is 0 Å². The average molecular weight is 253 g/mol. The maximum atomic E-state index is 13.6. The molecule has 0 saturated heterocycles. The predicted octanol–water partition coefficient (Wildman–Crippen LogP) is 3.98. The topological polar surface area (TPSA) is 21.3 Å². The monoisotopic (exact) mass is 253 g/mol. The molecule has 1 aromatic rings. The molecule has 3 heteroatoms. The van der Waals surface area contributed by atoms with Gasteiger partial charge < -0.3 is 10.1 Å². The summed E-state index contributed by atoms with van der Waals surface area (Å²) < 4.78 is 19.4. The smallest absolute Gasteiger partial charge is 0.126 e. The number of aryl methyl sites for hydroxylation is 1. The van der Waals surface area contributed by atoms with Gasteiger partial charge >= 0.3 is 0 Å². The fourth-order valence-corrected chi connectivity index (χ4v) is 1.82. The van der Waals surface area contributed by atoms with Crippen LogP contribution in [0.3, 0.4) is 0 Å². The van der Waals surface area contributed by atoms with Crippen molar-refractivity contribution in [3.63, 3.8) is 0 Å². The molecule has 0 radical (unpaired) electrons. The van der Waals surface area contributed by atoms with Gasteiger partial charge in [-0.1, -0.05) is 19.8 Å². The molecule has 1 N–H and O–H groups in total. The highest BCUT2D eigenvalue weighted by atomic mass is 19.1. The Morgan fingerprint density at radius 3 is 2.67 bits per heavy atom. The number of unbranched alkanes of at least 4 members (excludes halogenated alkanes) is 2. The largest absolute Gasteiger partial charge is 0.493 e. The molecule has 0 aliphatic carbocycles. The summed E-state index contributed by atoms with van der Waals surface area (Å²) in [5, 5.41) is 3.12. The van der Waals surface area contributed by atoms with Crippen LogP contribution in [0.15, 0.2) is 12.1 Å². The van der Waals surface area contributed by atoms with Crippen molar-refractivity contribution in [2.75, 3.05) is 13.7 Å².